The Hall–Kier alpha value is -5.96. The molecule has 0 saturated carbocycles. The maximum absolute atomic E-state index is 13.4. The minimum atomic E-state index is -1.64. The normalized spacial score (nSPS) is 15.0. The number of para-hydroxylation sites is 1. The average Bonchev–Trinajstić information content (AvgIpc) is 3.43. The molecule has 0 aliphatic carbocycles. The number of carbonyl (C=O) groups excluding carboxylic acids is 5. The van der Waals surface area contributed by atoms with Crippen molar-refractivity contribution in [3.05, 3.63) is 83.4 Å². The molecule has 0 aromatic heterocycles. The fourth-order valence-corrected chi connectivity index (χ4v) is 5.67. The highest BCUT2D eigenvalue weighted by molar-refractivity contribution is 6.07. The molecule has 0 saturated heterocycles. The van der Waals surface area contributed by atoms with Crippen molar-refractivity contribution in [2.45, 2.75) is 63.3 Å². The van der Waals surface area contributed by atoms with Crippen molar-refractivity contribution in [1.29, 1.82) is 0 Å². The zero-order valence-electron chi connectivity index (χ0n) is 28.3. The first kappa shape index (κ1) is 37.9. The van der Waals surface area contributed by atoms with Gasteiger partial charge in [0, 0.05) is 24.1 Å². The third-order valence-electron chi connectivity index (χ3n) is 8.25. The Morgan fingerprint density at radius 2 is 1.67 bits per heavy atom. The number of benzene rings is 3. The number of nitrogens with two attached hydrogens (primary N) is 2. The largest absolute Gasteiger partial charge is 0.496 e. The fraction of sp³-hybridized carbons (Fsp3) is 0.333. The number of carboxylic acids is 1. The minimum absolute atomic E-state index is 0.0882. The number of aliphatic carboxylic acids is 1. The number of nitrogens with one attached hydrogen (secondary N) is 4. The summed E-state index contributed by atoms with van der Waals surface area (Å²) in [5, 5.41) is 20.0. The van der Waals surface area contributed by atoms with E-state index in [1.807, 2.05) is 6.92 Å². The molecule has 1 heterocycles. The summed E-state index contributed by atoms with van der Waals surface area (Å²) in [7, 11) is 1.47. The monoisotopic (exact) mass is 702 g/mol. The molecule has 3 aromatic rings. The van der Waals surface area contributed by atoms with E-state index in [1.165, 1.54) is 7.11 Å². The molecule has 5 amide bonds. The van der Waals surface area contributed by atoms with Crippen LogP contribution in [0.4, 0.5) is 10.5 Å². The lowest BCUT2D eigenvalue weighted by Crippen LogP contribution is -2.53. The van der Waals surface area contributed by atoms with Crippen molar-refractivity contribution >= 4 is 41.4 Å². The molecule has 0 radical (unpaired) electrons. The molecule has 1 aliphatic rings. The maximum Gasteiger partial charge on any atom is 0.408 e. The number of carbonyl (C=O) groups is 6. The first-order valence-electron chi connectivity index (χ1n) is 16.3. The van der Waals surface area contributed by atoms with Gasteiger partial charge in [0.15, 0.2) is 0 Å². The Bertz CT molecular complexity index is 1770. The van der Waals surface area contributed by atoms with Gasteiger partial charge in [-0.3, -0.25) is 19.2 Å². The Balaban J connectivity index is 1.63. The summed E-state index contributed by atoms with van der Waals surface area (Å²) in [5.74, 6) is -4.23. The van der Waals surface area contributed by atoms with Crippen LogP contribution in [0.1, 0.15) is 48.8 Å². The number of hydrogen-bond donors (Lipinski definition) is 7. The minimum Gasteiger partial charge on any atom is -0.496 e. The second-order valence-corrected chi connectivity index (χ2v) is 12.0. The average molecular weight is 703 g/mol. The third kappa shape index (κ3) is 10.0. The van der Waals surface area contributed by atoms with Crippen LogP contribution >= 0.6 is 0 Å². The summed E-state index contributed by atoms with van der Waals surface area (Å²) < 4.78 is 11.0. The van der Waals surface area contributed by atoms with Crippen LogP contribution in [0.5, 0.6) is 5.75 Å². The van der Waals surface area contributed by atoms with Crippen LogP contribution in [0.2, 0.25) is 0 Å². The van der Waals surface area contributed by atoms with Gasteiger partial charge in [0.25, 0.3) is 0 Å². The van der Waals surface area contributed by atoms with Crippen molar-refractivity contribution in [2.75, 3.05) is 19.0 Å². The molecule has 1 aliphatic heterocycles. The van der Waals surface area contributed by atoms with Crippen LogP contribution in [0, 0.1) is 0 Å². The van der Waals surface area contributed by atoms with Crippen molar-refractivity contribution in [3.63, 3.8) is 0 Å². The molecule has 51 heavy (non-hydrogen) atoms. The van der Waals surface area contributed by atoms with E-state index in [1.54, 1.807) is 66.7 Å². The molecule has 0 fully saturated rings. The Morgan fingerprint density at radius 1 is 0.922 bits per heavy atom. The molecular formula is C36H42N6O9. The lowest BCUT2D eigenvalue weighted by atomic mass is 9.90. The molecule has 4 unspecified atom stereocenters. The lowest BCUT2D eigenvalue weighted by molar-refractivity contribution is -0.143. The van der Waals surface area contributed by atoms with Crippen molar-refractivity contribution in [1.82, 2.24) is 16.0 Å². The van der Waals surface area contributed by atoms with Gasteiger partial charge in [0.1, 0.15) is 24.4 Å². The number of hydrogen-bond acceptors (Lipinski definition) is 9. The van der Waals surface area contributed by atoms with E-state index in [-0.39, 0.29) is 31.3 Å². The van der Waals surface area contributed by atoms with Crippen LogP contribution < -0.4 is 37.5 Å². The molecule has 0 spiro atoms. The predicted molar refractivity (Wildman–Crippen MR) is 186 cm³/mol. The van der Waals surface area contributed by atoms with Gasteiger partial charge < -0.3 is 47.3 Å². The van der Waals surface area contributed by atoms with E-state index in [9.17, 15) is 33.9 Å². The Labute approximate surface area is 294 Å². The summed E-state index contributed by atoms with van der Waals surface area (Å²) in [4.78, 5) is 75.2. The molecule has 15 nitrogen and oxygen atoms in total. The first-order chi connectivity index (χ1) is 24.4. The first-order valence-corrected chi connectivity index (χ1v) is 16.3. The summed E-state index contributed by atoms with van der Waals surface area (Å²) in [6.45, 7) is 2.30. The molecule has 4 rings (SSSR count). The third-order valence-corrected chi connectivity index (χ3v) is 8.25. The van der Waals surface area contributed by atoms with Crippen molar-refractivity contribution in [3.8, 4) is 16.9 Å². The van der Waals surface area contributed by atoms with Gasteiger partial charge in [0.2, 0.25) is 23.6 Å². The predicted octanol–water partition coefficient (Wildman–Crippen LogP) is 1.92. The number of methoxy groups -OCH3 is 1. The topological polar surface area (TPSA) is 241 Å². The summed E-state index contributed by atoms with van der Waals surface area (Å²) in [6.07, 6.45) is -0.916. The van der Waals surface area contributed by atoms with Crippen LogP contribution in [0.15, 0.2) is 66.7 Å². The number of ether oxygens (including phenoxy) is 2. The Morgan fingerprint density at radius 3 is 2.33 bits per heavy atom. The van der Waals surface area contributed by atoms with Gasteiger partial charge in [-0.25, -0.2) is 9.59 Å². The highest BCUT2D eigenvalue weighted by Crippen LogP contribution is 2.44. The van der Waals surface area contributed by atoms with E-state index in [2.05, 4.69) is 21.3 Å². The zero-order valence-corrected chi connectivity index (χ0v) is 28.3. The van der Waals surface area contributed by atoms with E-state index >= 15 is 0 Å². The number of fused-ring (bicyclic) bond motifs is 1. The van der Waals surface area contributed by atoms with Gasteiger partial charge in [-0.15, -0.1) is 0 Å². The summed E-state index contributed by atoms with van der Waals surface area (Å²) in [6, 6.07) is 15.3. The number of carboxylic acid groups (broad SMARTS) is 1. The van der Waals surface area contributed by atoms with Gasteiger partial charge in [-0.1, -0.05) is 61.5 Å². The molecule has 4 atom stereocenters. The highest BCUT2D eigenvalue weighted by Gasteiger charge is 2.35. The van der Waals surface area contributed by atoms with Gasteiger partial charge in [-0.05, 0) is 41.7 Å². The van der Waals surface area contributed by atoms with Crippen LogP contribution in [-0.2, 0) is 41.7 Å². The van der Waals surface area contributed by atoms with Gasteiger partial charge >= 0.3 is 12.1 Å². The van der Waals surface area contributed by atoms with Crippen molar-refractivity contribution in [2.24, 2.45) is 11.5 Å². The maximum atomic E-state index is 13.4. The molecule has 270 valence electrons. The van der Waals surface area contributed by atoms with Crippen LogP contribution in [0.25, 0.3) is 11.1 Å². The Kier molecular flexibility index (Phi) is 13.1. The highest BCUT2D eigenvalue weighted by atomic mass is 16.5. The molecule has 15 heteroatoms. The van der Waals surface area contributed by atoms with E-state index < -0.39 is 54.3 Å². The number of alkyl carbamates (subject to hydrolysis) is 1. The van der Waals surface area contributed by atoms with E-state index in [4.69, 9.17) is 20.9 Å². The SMILES string of the molecule is CCCNC(=O)C(N)CC1C(=O)Nc2c(-c3cc(CC(NC(=O)OCc4ccccc4)C(=O)NC(CC(N)=O)C(=O)O)ccc3OC)cccc21. The quantitative estimate of drug-likeness (QED) is 0.108. The fourth-order valence-electron chi connectivity index (χ4n) is 5.67. The number of amides is 5. The number of anilines is 1. The summed E-state index contributed by atoms with van der Waals surface area (Å²) >= 11 is 0. The molecular weight excluding hydrogens is 660 g/mol. The van der Waals surface area contributed by atoms with E-state index in [0.717, 1.165) is 6.42 Å². The zero-order chi connectivity index (χ0) is 37.1. The lowest BCUT2D eigenvalue weighted by Gasteiger charge is -2.22. The molecule has 9 N–H and O–H groups in total. The van der Waals surface area contributed by atoms with Crippen LogP contribution in [0.3, 0.4) is 0 Å². The van der Waals surface area contributed by atoms with Crippen LogP contribution in [-0.4, -0.2) is 72.6 Å². The molecule has 3 aromatic carbocycles. The second-order valence-electron chi connectivity index (χ2n) is 12.0. The smallest absolute Gasteiger partial charge is 0.408 e. The summed E-state index contributed by atoms with van der Waals surface area (Å²) in [5.41, 5.74) is 14.9. The number of primary amides is 1. The molecule has 0 bridgehead atoms. The van der Waals surface area contributed by atoms with Gasteiger partial charge in [0.05, 0.1) is 31.2 Å². The second kappa shape index (κ2) is 17.6. The van der Waals surface area contributed by atoms with Gasteiger partial charge in [-0.2, -0.15) is 0 Å². The van der Waals surface area contributed by atoms with Crippen molar-refractivity contribution < 1.29 is 43.3 Å². The van der Waals surface area contributed by atoms with E-state index in [0.29, 0.717) is 45.8 Å². The standard InChI is InChI=1S/C36H42N6O9/c1-3-14-39-33(45)26(37)17-25-23-11-7-10-22(31(23)42-32(25)44)24-15-21(12-13-29(24)50-2)16-27(34(46)40-28(35(47)48)18-30(38)43)41-36(49)51-19-20-8-5-4-6-9-20/h4-13,15,25-28H,3,14,16-19,37H2,1-2H3,(H2,38,43)(H,39,45)(H,40,46)(H,41,49)(H,42,44)(H,47,48). The number of rotatable bonds is 17.